The lowest BCUT2D eigenvalue weighted by molar-refractivity contribution is -0.149. The number of allylic oxidation sites excluding steroid dienone is 1. The van der Waals surface area contributed by atoms with Gasteiger partial charge in [-0.05, 0) is 39.8 Å². The summed E-state index contributed by atoms with van der Waals surface area (Å²) in [6, 6.07) is 9.00. The number of esters is 1. The second kappa shape index (κ2) is 7.61. The Hall–Kier alpha value is -1.86. The Kier molecular flexibility index (Phi) is 6.35. The van der Waals surface area contributed by atoms with Crippen molar-refractivity contribution in [1.82, 2.24) is 4.72 Å². The van der Waals surface area contributed by atoms with Crippen LogP contribution in [-0.4, -0.2) is 26.5 Å². The molecule has 0 spiro atoms. The van der Waals surface area contributed by atoms with E-state index in [1.165, 1.54) is 6.92 Å². The predicted octanol–water partition coefficient (Wildman–Crippen LogP) is 2.61. The Labute approximate surface area is 138 Å². The van der Waals surface area contributed by atoms with Crippen LogP contribution in [0.15, 0.2) is 40.9 Å². The summed E-state index contributed by atoms with van der Waals surface area (Å²) >= 11 is 0. The van der Waals surface area contributed by atoms with Gasteiger partial charge in [-0.2, -0.15) is 0 Å². The van der Waals surface area contributed by atoms with Gasteiger partial charge in [0.1, 0.15) is 5.60 Å². The number of para-hydroxylation sites is 1. The van der Waals surface area contributed by atoms with E-state index in [2.05, 4.69) is 10.0 Å². The van der Waals surface area contributed by atoms with Gasteiger partial charge in [0.25, 0.3) is 0 Å². The van der Waals surface area contributed by atoms with Crippen LogP contribution in [0.25, 0.3) is 0 Å². The topological polar surface area (TPSA) is 84.5 Å². The SMILES string of the molecule is CCNS(=O)(=O)/C(C(=O)OC(C)(C)C)=C(\C)Nc1ccccc1. The third kappa shape index (κ3) is 6.03. The fourth-order valence-electron chi connectivity index (χ4n) is 1.85. The van der Waals surface area contributed by atoms with Gasteiger partial charge in [-0.15, -0.1) is 0 Å². The van der Waals surface area contributed by atoms with Crippen LogP contribution in [0.4, 0.5) is 5.69 Å². The molecule has 0 saturated carbocycles. The number of carbonyl (C=O) groups is 1. The average Bonchev–Trinajstić information content (AvgIpc) is 2.36. The summed E-state index contributed by atoms with van der Waals surface area (Å²) in [4.78, 5) is 12.0. The molecule has 0 amide bonds. The summed E-state index contributed by atoms with van der Waals surface area (Å²) < 4.78 is 32.3. The third-order valence-corrected chi connectivity index (χ3v) is 4.31. The van der Waals surface area contributed by atoms with Crippen molar-refractivity contribution in [2.24, 2.45) is 0 Å². The number of rotatable bonds is 6. The van der Waals surface area contributed by atoms with Crippen LogP contribution in [0.1, 0.15) is 34.6 Å². The van der Waals surface area contributed by atoms with Crippen molar-refractivity contribution in [3.8, 4) is 0 Å². The number of hydrogen-bond acceptors (Lipinski definition) is 5. The molecule has 0 unspecified atom stereocenters. The molecule has 1 aromatic rings. The van der Waals surface area contributed by atoms with Gasteiger partial charge in [0.2, 0.25) is 10.0 Å². The van der Waals surface area contributed by atoms with Crippen LogP contribution in [0.5, 0.6) is 0 Å². The zero-order valence-electron chi connectivity index (χ0n) is 14.1. The number of carbonyl (C=O) groups excluding carboxylic acids is 1. The van der Waals surface area contributed by atoms with Crippen LogP contribution >= 0.6 is 0 Å². The number of sulfonamides is 1. The molecule has 0 radical (unpaired) electrons. The first-order valence-electron chi connectivity index (χ1n) is 7.33. The Balaban J connectivity index is 3.27. The van der Waals surface area contributed by atoms with Gasteiger partial charge in [0.05, 0.1) is 0 Å². The monoisotopic (exact) mass is 340 g/mol. The molecule has 0 aliphatic heterocycles. The molecule has 2 N–H and O–H groups in total. The lowest BCUT2D eigenvalue weighted by atomic mass is 10.2. The van der Waals surface area contributed by atoms with Crippen molar-refractivity contribution >= 4 is 21.7 Å². The highest BCUT2D eigenvalue weighted by Gasteiger charge is 2.31. The van der Waals surface area contributed by atoms with Gasteiger partial charge < -0.3 is 10.1 Å². The molecular formula is C16H24N2O4S. The molecule has 7 heteroatoms. The van der Waals surface area contributed by atoms with Crippen molar-refractivity contribution in [3.63, 3.8) is 0 Å². The van der Waals surface area contributed by atoms with Crippen molar-refractivity contribution in [2.45, 2.75) is 40.2 Å². The van der Waals surface area contributed by atoms with Gasteiger partial charge in [0, 0.05) is 17.9 Å². The summed E-state index contributed by atoms with van der Waals surface area (Å²) in [5, 5.41) is 2.93. The largest absolute Gasteiger partial charge is 0.456 e. The second-order valence-corrected chi connectivity index (χ2v) is 7.65. The molecule has 23 heavy (non-hydrogen) atoms. The number of nitrogens with one attached hydrogen (secondary N) is 2. The van der Waals surface area contributed by atoms with Crippen LogP contribution in [-0.2, 0) is 19.6 Å². The maximum Gasteiger partial charge on any atom is 0.353 e. The lowest BCUT2D eigenvalue weighted by Crippen LogP contribution is -2.34. The highest BCUT2D eigenvalue weighted by molar-refractivity contribution is 7.94. The first kappa shape index (κ1) is 19.2. The Morgan fingerprint density at radius 1 is 1.17 bits per heavy atom. The van der Waals surface area contributed by atoms with Gasteiger partial charge in [-0.25, -0.2) is 17.9 Å². The lowest BCUT2D eigenvalue weighted by Gasteiger charge is -2.22. The molecule has 0 atom stereocenters. The van der Waals surface area contributed by atoms with E-state index in [9.17, 15) is 13.2 Å². The molecule has 0 aliphatic carbocycles. The molecule has 0 bridgehead atoms. The summed E-state index contributed by atoms with van der Waals surface area (Å²) in [5.74, 6) is -0.889. The Morgan fingerprint density at radius 3 is 2.22 bits per heavy atom. The molecule has 6 nitrogen and oxygen atoms in total. The van der Waals surface area contributed by atoms with E-state index in [0.29, 0.717) is 5.69 Å². The van der Waals surface area contributed by atoms with E-state index in [4.69, 9.17) is 4.74 Å². The number of anilines is 1. The van der Waals surface area contributed by atoms with Crippen LogP contribution in [0.3, 0.4) is 0 Å². The minimum Gasteiger partial charge on any atom is -0.456 e. The van der Waals surface area contributed by atoms with Crippen molar-refractivity contribution in [1.29, 1.82) is 0 Å². The van der Waals surface area contributed by atoms with Crippen molar-refractivity contribution in [3.05, 3.63) is 40.9 Å². The third-order valence-electron chi connectivity index (χ3n) is 2.63. The molecule has 0 fully saturated rings. The Morgan fingerprint density at radius 2 is 1.74 bits per heavy atom. The van der Waals surface area contributed by atoms with Gasteiger partial charge in [-0.1, -0.05) is 25.1 Å². The van der Waals surface area contributed by atoms with Crippen LogP contribution < -0.4 is 10.0 Å². The maximum absolute atomic E-state index is 12.4. The fourth-order valence-corrected chi connectivity index (χ4v) is 3.09. The van der Waals surface area contributed by atoms with Crippen molar-refractivity contribution in [2.75, 3.05) is 11.9 Å². The average molecular weight is 340 g/mol. The normalized spacial score (nSPS) is 13.3. The molecule has 0 saturated heterocycles. The van der Waals surface area contributed by atoms with E-state index in [0.717, 1.165) is 0 Å². The van der Waals surface area contributed by atoms with E-state index in [1.54, 1.807) is 39.8 Å². The molecule has 0 aromatic heterocycles. The quantitative estimate of drug-likeness (QED) is 0.614. The number of hydrogen-bond donors (Lipinski definition) is 2. The van der Waals surface area contributed by atoms with E-state index < -0.39 is 26.5 Å². The van der Waals surface area contributed by atoms with Crippen LogP contribution in [0, 0.1) is 0 Å². The maximum atomic E-state index is 12.4. The van der Waals surface area contributed by atoms with Crippen molar-refractivity contribution < 1.29 is 17.9 Å². The molecule has 0 aliphatic rings. The molecule has 0 heterocycles. The minimum absolute atomic E-state index is 0.174. The molecule has 1 rings (SSSR count). The molecule has 1 aromatic carbocycles. The highest BCUT2D eigenvalue weighted by atomic mass is 32.2. The van der Waals surface area contributed by atoms with Gasteiger partial charge >= 0.3 is 5.97 Å². The second-order valence-electron chi connectivity index (χ2n) is 5.95. The number of ether oxygens (including phenoxy) is 1. The fraction of sp³-hybridized carbons (Fsp3) is 0.438. The van der Waals surface area contributed by atoms with Gasteiger partial charge in [-0.3, -0.25) is 0 Å². The van der Waals surface area contributed by atoms with Crippen LogP contribution in [0.2, 0.25) is 0 Å². The van der Waals surface area contributed by atoms with E-state index in [1.807, 2.05) is 18.2 Å². The predicted molar refractivity (Wildman–Crippen MR) is 91.2 cm³/mol. The standard InChI is InChI=1S/C16H24N2O4S/c1-6-17-23(20,21)14(15(19)22-16(3,4)5)12(2)18-13-10-8-7-9-11-13/h7-11,17-18H,6H2,1-5H3/b14-12+. The van der Waals surface area contributed by atoms with E-state index in [-0.39, 0.29) is 12.2 Å². The first-order chi connectivity index (χ1) is 10.6. The summed E-state index contributed by atoms with van der Waals surface area (Å²) in [6.45, 7) is 8.39. The zero-order chi connectivity index (χ0) is 17.7. The minimum atomic E-state index is -3.97. The van der Waals surface area contributed by atoms with E-state index >= 15 is 0 Å². The smallest absolute Gasteiger partial charge is 0.353 e. The highest BCUT2D eigenvalue weighted by Crippen LogP contribution is 2.20. The Bertz CT molecular complexity index is 674. The summed E-state index contributed by atoms with van der Waals surface area (Å²) in [6.07, 6.45) is 0. The zero-order valence-corrected chi connectivity index (χ0v) is 15.0. The summed E-state index contributed by atoms with van der Waals surface area (Å²) in [5.41, 5.74) is 0.0843. The first-order valence-corrected chi connectivity index (χ1v) is 8.81. The number of benzene rings is 1. The molecule has 128 valence electrons. The summed E-state index contributed by atoms with van der Waals surface area (Å²) in [7, 11) is -3.97. The molecular weight excluding hydrogens is 316 g/mol. The van der Waals surface area contributed by atoms with Gasteiger partial charge in [0.15, 0.2) is 4.91 Å².